The Morgan fingerprint density at radius 1 is 1.47 bits per heavy atom. The van der Waals surface area contributed by atoms with Crippen LogP contribution in [0.15, 0.2) is 16.6 Å². The lowest BCUT2D eigenvalue weighted by Crippen LogP contribution is -2.37. The number of rotatable bonds is 6. The largest absolute Gasteiger partial charge is 0.398 e. The van der Waals surface area contributed by atoms with E-state index < -0.39 is 0 Å². The topological polar surface area (TPSA) is 38.5 Å². The van der Waals surface area contributed by atoms with Gasteiger partial charge >= 0.3 is 0 Å². The maximum atomic E-state index is 5.96. The third-order valence-corrected chi connectivity index (χ3v) is 4.61. The summed E-state index contributed by atoms with van der Waals surface area (Å²) in [4.78, 5) is 2.44. The maximum Gasteiger partial charge on any atom is 0.0637 e. The quantitative estimate of drug-likeness (QED) is 0.812. The average Bonchev–Trinajstić information content (AvgIpc) is 3.19. The van der Waals surface area contributed by atoms with Gasteiger partial charge in [-0.05, 0) is 66.2 Å². The lowest BCUT2D eigenvalue weighted by Gasteiger charge is -2.32. The fourth-order valence-electron chi connectivity index (χ4n) is 2.47. The predicted molar refractivity (Wildman–Crippen MR) is 84.7 cm³/mol. The number of aryl methyl sites for hydroxylation is 1. The molecular weight excluding hydrogens is 304 g/mol. The molecule has 0 radical (unpaired) electrons. The number of hydrogen-bond acceptors (Lipinski definition) is 3. The fraction of sp³-hybridized carbons (Fsp3) is 0.600. The molecule has 1 atom stereocenters. The first kappa shape index (κ1) is 14.7. The molecule has 106 valence electrons. The van der Waals surface area contributed by atoms with Crippen molar-refractivity contribution in [1.29, 1.82) is 0 Å². The molecule has 1 aliphatic rings. The van der Waals surface area contributed by atoms with Crippen LogP contribution in [0.4, 0.5) is 11.4 Å². The van der Waals surface area contributed by atoms with E-state index >= 15 is 0 Å². The Bertz CT molecular complexity index is 446. The lowest BCUT2D eigenvalue weighted by molar-refractivity contribution is 0.202. The van der Waals surface area contributed by atoms with E-state index in [1.807, 2.05) is 6.07 Å². The molecule has 2 N–H and O–H groups in total. The van der Waals surface area contributed by atoms with Gasteiger partial charge in [-0.2, -0.15) is 0 Å². The van der Waals surface area contributed by atoms with Gasteiger partial charge in [0.15, 0.2) is 0 Å². The van der Waals surface area contributed by atoms with Crippen LogP contribution in [0.1, 0.15) is 25.3 Å². The minimum absolute atomic E-state index is 0.550. The van der Waals surface area contributed by atoms with Crippen LogP contribution in [0.2, 0.25) is 0 Å². The van der Waals surface area contributed by atoms with Crippen LogP contribution >= 0.6 is 15.9 Å². The van der Waals surface area contributed by atoms with Gasteiger partial charge < -0.3 is 15.4 Å². The Balaban J connectivity index is 2.28. The molecule has 19 heavy (non-hydrogen) atoms. The first-order valence-electron chi connectivity index (χ1n) is 6.85. The number of nitrogens with zero attached hydrogens (tertiary/aromatic N) is 1. The van der Waals surface area contributed by atoms with Gasteiger partial charge in [0.2, 0.25) is 0 Å². The van der Waals surface area contributed by atoms with E-state index in [0.717, 1.165) is 34.8 Å². The molecule has 1 aliphatic carbocycles. The van der Waals surface area contributed by atoms with Crippen molar-refractivity contribution in [2.75, 3.05) is 30.9 Å². The van der Waals surface area contributed by atoms with E-state index in [4.69, 9.17) is 10.5 Å². The molecule has 1 fully saturated rings. The van der Waals surface area contributed by atoms with Crippen LogP contribution in [0.3, 0.4) is 0 Å². The molecule has 1 aromatic carbocycles. The Morgan fingerprint density at radius 3 is 2.74 bits per heavy atom. The number of ether oxygens (including phenoxy) is 1. The molecule has 0 saturated heterocycles. The number of halogens is 1. The van der Waals surface area contributed by atoms with Crippen LogP contribution < -0.4 is 10.6 Å². The Morgan fingerprint density at radius 2 is 2.16 bits per heavy atom. The summed E-state index contributed by atoms with van der Waals surface area (Å²) >= 11 is 3.65. The molecule has 2 rings (SSSR count). The van der Waals surface area contributed by atoms with Gasteiger partial charge in [0, 0.05) is 29.9 Å². The van der Waals surface area contributed by atoms with Crippen molar-refractivity contribution >= 4 is 27.3 Å². The van der Waals surface area contributed by atoms with E-state index in [-0.39, 0.29) is 0 Å². The normalized spacial score (nSPS) is 16.4. The van der Waals surface area contributed by atoms with Crippen LogP contribution in [0.5, 0.6) is 0 Å². The van der Waals surface area contributed by atoms with E-state index in [1.54, 1.807) is 7.11 Å². The van der Waals surface area contributed by atoms with E-state index in [1.165, 1.54) is 18.5 Å². The molecule has 1 saturated carbocycles. The summed E-state index contributed by atoms with van der Waals surface area (Å²) in [5, 5.41) is 0. The lowest BCUT2D eigenvalue weighted by atomic mass is 10.1. The second kappa shape index (κ2) is 6.14. The van der Waals surface area contributed by atoms with Crippen molar-refractivity contribution in [3.8, 4) is 0 Å². The maximum absolute atomic E-state index is 5.96. The summed E-state index contributed by atoms with van der Waals surface area (Å²) in [5.41, 5.74) is 9.15. The predicted octanol–water partition coefficient (Wildman–Crippen LogP) is 3.59. The summed E-state index contributed by atoms with van der Waals surface area (Å²) in [7, 11) is 1.75. The van der Waals surface area contributed by atoms with E-state index in [9.17, 15) is 0 Å². The fourth-order valence-corrected chi connectivity index (χ4v) is 3.06. The Labute approximate surface area is 124 Å². The molecule has 0 aliphatic heterocycles. The zero-order chi connectivity index (χ0) is 14.0. The molecule has 0 spiro atoms. The Kier molecular flexibility index (Phi) is 4.74. The Hall–Kier alpha value is -0.740. The first-order valence-corrected chi connectivity index (χ1v) is 7.65. The van der Waals surface area contributed by atoms with Crippen molar-refractivity contribution in [1.82, 2.24) is 0 Å². The van der Waals surface area contributed by atoms with Crippen molar-refractivity contribution in [3.05, 3.63) is 22.2 Å². The minimum Gasteiger partial charge on any atom is -0.398 e. The van der Waals surface area contributed by atoms with Gasteiger partial charge in [0.1, 0.15) is 0 Å². The number of anilines is 2. The van der Waals surface area contributed by atoms with Gasteiger partial charge in [-0.15, -0.1) is 0 Å². The average molecular weight is 327 g/mol. The summed E-state index contributed by atoms with van der Waals surface area (Å²) in [6, 6.07) is 4.73. The number of methoxy groups -OCH3 is 1. The smallest absolute Gasteiger partial charge is 0.0637 e. The van der Waals surface area contributed by atoms with Crippen molar-refractivity contribution in [2.45, 2.75) is 32.7 Å². The van der Waals surface area contributed by atoms with Crippen LogP contribution in [-0.2, 0) is 4.74 Å². The van der Waals surface area contributed by atoms with Crippen LogP contribution in [-0.4, -0.2) is 26.3 Å². The number of benzene rings is 1. The molecular formula is C15H23BrN2O. The SMILES string of the molecule is COCCN(c1cc(C)c(N)cc1Br)C(C)C1CC1. The third kappa shape index (κ3) is 3.42. The highest BCUT2D eigenvalue weighted by Crippen LogP contribution is 2.39. The minimum atomic E-state index is 0.550. The standard InChI is InChI=1S/C15H23BrN2O/c1-10-8-15(13(16)9-14(10)17)18(6-7-19-3)11(2)12-4-5-12/h8-9,11-12H,4-7,17H2,1-3H3. The molecule has 1 aromatic rings. The zero-order valence-corrected chi connectivity index (χ0v) is 13.5. The van der Waals surface area contributed by atoms with Crippen molar-refractivity contribution in [3.63, 3.8) is 0 Å². The summed E-state index contributed by atoms with van der Waals surface area (Å²) < 4.78 is 6.32. The zero-order valence-electron chi connectivity index (χ0n) is 11.9. The molecule has 0 aromatic heterocycles. The van der Waals surface area contributed by atoms with Gasteiger partial charge in [0.25, 0.3) is 0 Å². The molecule has 0 heterocycles. The first-order chi connectivity index (χ1) is 9.04. The number of nitrogen functional groups attached to an aromatic ring is 1. The molecule has 3 nitrogen and oxygen atoms in total. The van der Waals surface area contributed by atoms with Gasteiger partial charge in [0.05, 0.1) is 12.3 Å². The highest BCUT2D eigenvalue weighted by molar-refractivity contribution is 9.10. The molecule has 0 bridgehead atoms. The highest BCUT2D eigenvalue weighted by Gasteiger charge is 2.32. The van der Waals surface area contributed by atoms with Gasteiger partial charge in [-0.3, -0.25) is 0 Å². The summed E-state index contributed by atoms with van der Waals surface area (Å²) in [6.07, 6.45) is 2.69. The molecule has 4 heteroatoms. The number of nitrogens with two attached hydrogens (primary N) is 1. The van der Waals surface area contributed by atoms with Crippen molar-refractivity contribution in [2.24, 2.45) is 5.92 Å². The van der Waals surface area contributed by atoms with Gasteiger partial charge in [-0.25, -0.2) is 0 Å². The monoisotopic (exact) mass is 326 g/mol. The van der Waals surface area contributed by atoms with Crippen molar-refractivity contribution < 1.29 is 4.74 Å². The van der Waals surface area contributed by atoms with E-state index in [0.29, 0.717) is 6.04 Å². The third-order valence-electron chi connectivity index (χ3n) is 3.98. The van der Waals surface area contributed by atoms with E-state index in [2.05, 4.69) is 40.7 Å². The molecule has 0 amide bonds. The summed E-state index contributed by atoms with van der Waals surface area (Å²) in [6.45, 7) is 6.02. The molecule has 1 unspecified atom stereocenters. The highest BCUT2D eigenvalue weighted by atomic mass is 79.9. The second-order valence-corrected chi connectivity index (χ2v) is 6.28. The number of hydrogen-bond donors (Lipinski definition) is 1. The van der Waals surface area contributed by atoms with Gasteiger partial charge in [-0.1, -0.05) is 0 Å². The summed E-state index contributed by atoms with van der Waals surface area (Å²) in [5.74, 6) is 0.821. The second-order valence-electron chi connectivity index (χ2n) is 5.42. The van der Waals surface area contributed by atoms with Crippen LogP contribution in [0, 0.1) is 12.8 Å². The van der Waals surface area contributed by atoms with Crippen LogP contribution in [0.25, 0.3) is 0 Å².